The lowest BCUT2D eigenvalue weighted by atomic mass is 9.87. The van der Waals surface area contributed by atoms with E-state index in [0.717, 1.165) is 54.1 Å². The van der Waals surface area contributed by atoms with E-state index in [1.807, 2.05) is 23.1 Å². The molecule has 2 aromatic carbocycles. The predicted molar refractivity (Wildman–Crippen MR) is 142 cm³/mol. The highest BCUT2D eigenvalue weighted by molar-refractivity contribution is 6.31. The van der Waals surface area contributed by atoms with Crippen molar-refractivity contribution < 1.29 is 13.5 Å². The molecule has 1 aromatic heterocycles. The Balaban J connectivity index is 1.47. The van der Waals surface area contributed by atoms with Crippen molar-refractivity contribution in [1.29, 1.82) is 0 Å². The minimum Gasteiger partial charge on any atom is -0.492 e. The van der Waals surface area contributed by atoms with Crippen LogP contribution in [-0.2, 0) is 6.42 Å². The summed E-state index contributed by atoms with van der Waals surface area (Å²) >= 11 is 6.77. The SMILES string of the molecule is CCC1CN(CCOc2cc(F)c([C@@H]3c4[nH]c5ccccc5c4C[C@@H](C)N3CC(C)(C)F)c(Cl)c2)C1. The monoisotopic (exact) mass is 515 g/mol. The highest BCUT2D eigenvalue weighted by Gasteiger charge is 2.40. The second kappa shape index (κ2) is 9.96. The van der Waals surface area contributed by atoms with E-state index in [9.17, 15) is 4.39 Å². The molecular weight excluding hydrogens is 480 g/mol. The first kappa shape index (κ1) is 25.5. The fraction of sp³-hybridized carbons (Fsp3) is 0.517. The summed E-state index contributed by atoms with van der Waals surface area (Å²) in [5.41, 5.74) is 1.94. The van der Waals surface area contributed by atoms with E-state index in [4.69, 9.17) is 16.3 Å². The van der Waals surface area contributed by atoms with Gasteiger partial charge in [0.15, 0.2) is 0 Å². The van der Waals surface area contributed by atoms with E-state index in [1.165, 1.54) is 12.5 Å². The number of aromatic nitrogens is 1. The first-order valence-corrected chi connectivity index (χ1v) is 13.4. The molecule has 5 rings (SSSR count). The first-order chi connectivity index (χ1) is 17.1. The molecule has 0 radical (unpaired) electrons. The molecule has 7 heteroatoms. The van der Waals surface area contributed by atoms with Gasteiger partial charge in [0.25, 0.3) is 0 Å². The molecule has 3 heterocycles. The van der Waals surface area contributed by atoms with Crippen molar-refractivity contribution in [3.05, 3.63) is 64.1 Å². The molecule has 2 atom stereocenters. The molecule has 0 saturated carbocycles. The predicted octanol–water partition coefficient (Wildman–Crippen LogP) is 6.77. The number of aromatic amines is 1. The highest BCUT2D eigenvalue weighted by Crippen LogP contribution is 2.45. The number of fused-ring (bicyclic) bond motifs is 3. The molecule has 0 aliphatic carbocycles. The fourth-order valence-electron chi connectivity index (χ4n) is 5.81. The molecule has 3 aromatic rings. The van der Waals surface area contributed by atoms with E-state index in [1.54, 1.807) is 19.9 Å². The molecule has 0 unspecified atom stereocenters. The van der Waals surface area contributed by atoms with Gasteiger partial charge in [0.2, 0.25) is 0 Å². The normalized spacial score (nSPS) is 21.5. The fourth-order valence-corrected chi connectivity index (χ4v) is 6.12. The lowest BCUT2D eigenvalue weighted by molar-refractivity contribution is 0.0655. The number of ether oxygens (including phenoxy) is 1. The van der Waals surface area contributed by atoms with Crippen LogP contribution in [0.3, 0.4) is 0 Å². The van der Waals surface area contributed by atoms with Gasteiger partial charge in [-0.1, -0.05) is 43.1 Å². The summed E-state index contributed by atoms with van der Waals surface area (Å²) < 4.78 is 36.7. The Kier molecular flexibility index (Phi) is 7.05. The summed E-state index contributed by atoms with van der Waals surface area (Å²) in [5.74, 6) is 0.769. The van der Waals surface area contributed by atoms with Gasteiger partial charge in [-0.2, -0.15) is 0 Å². The van der Waals surface area contributed by atoms with Gasteiger partial charge in [-0.25, -0.2) is 8.78 Å². The molecule has 0 amide bonds. The Morgan fingerprint density at radius 3 is 2.64 bits per heavy atom. The number of nitrogens with zero attached hydrogens (tertiary/aromatic N) is 2. The minimum atomic E-state index is -1.45. The van der Waals surface area contributed by atoms with Gasteiger partial charge in [-0.05, 0) is 50.8 Å². The lowest BCUT2D eigenvalue weighted by Crippen LogP contribution is -2.48. The third-order valence-corrected chi connectivity index (χ3v) is 8.00. The molecule has 0 spiro atoms. The molecule has 2 aliphatic heterocycles. The molecule has 4 nitrogen and oxygen atoms in total. The number of hydrogen-bond acceptors (Lipinski definition) is 3. The Morgan fingerprint density at radius 1 is 1.19 bits per heavy atom. The van der Waals surface area contributed by atoms with Crippen LogP contribution in [0.4, 0.5) is 8.78 Å². The van der Waals surface area contributed by atoms with Crippen LogP contribution in [-0.4, -0.2) is 59.3 Å². The maximum Gasteiger partial charge on any atom is 0.133 e. The van der Waals surface area contributed by atoms with Gasteiger partial charge in [0.1, 0.15) is 23.8 Å². The summed E-state index contributed by atoms with van der Waals surface area (Å²) in [7, 11) is 0. The van der Waals surface area contributed by atoms with Crippen molar-refractivity contribution in [3.8, 4) is 5.75 Å². The van der Waals surface area contributed by atoms with E-state index in [-0.39, 0.29) is 12.6 Å². The zero-order chi connectivity index (χ0) is 25.6. The van der Waals surface area contributed by atoms with Crippen LogP contribution in [0.5, 0.6) is 5.75 Å². The van der Waals surface area contributed by atoms with Crippen LogP contribution in [0, 0.1) is 11.7 Å². The van der Waals surface area contributed by atoms with Crippen LogP contribution < -0.4 is 4.74 Å². The number of H-pyrrole nitrogens is 1. The van der Waals surface area contributed by atoms with Crippen LogP contribution in [0.2, 0.25) is 5.02 Å². The third kappa shape index (κ3) is 5.00. The second-order valence-corrected chi connectivity index (χ2v) is 11.5. The molecule has 1 fully saturated rings. The number of halogens is 3. The first-order valence-electron chi connectivity index (χ1n) is 13.0. The maximum atomic E-state index is 15.8. The molecule has 36 heavy (non-hydrogen) atoms. The molecule has 2 aliphatic rings. The summed E-state index contributed by atoms with van der Waals surface area (Å²) in [6, 6.07) is 10.7. The summed E-state index contributed by atoms with van der Waals surface area (Å²) in [6.45, 7) is 11.1. The Labute approximate surface area is 217 Å². The zero-order valence-electron chi connectivity index (χ0n) is 21.6. The number of likely N-dealkylation sites (tertiary alicyclic amines) is 1. The third-order valence-electron chi connectivity index (χ3n) is 7.69. The number of alkyl halides is 1. The average Bonchev–Trinajstić information content (AvgIpc) is 3.14. The number of nitrogens with one attached hydrogen (secondary N) is 1. The van der Waals surface area contributed by atoms with Crippen LogP contribution in [0.25, 0.3) is 10.9 Å². The van der Waals surface area contributed by atoms with Crippen LogP contribution >= 0.6 is 11.6 Å². The summed E-state index contributed by atoms with van der Waals surface area (Å²) in [5, 5.41) is 1.42. The van der Waals surface area contributed by atoms with Crippen LogP contribution in [0.1, 0.15) is 57.0 Å². The zero-order valence-corrected chi connectivity index (χ0v) is 22.3. The topological polar surface area (TPSA) is 31.5 Å². The largest absolute Gasteiger partial charge is 0.492 e. The lowest BCUT2D eigenvalue weighted by Gasteiger charge is -2.43. The van der Waals surface area contributed by atoms with Crippen molar-refractivity contribution >= 4 is 22.5 Å². The van der Waals surface area contributed by atoms with Gasteiger partial charge < -0.3 is 9.72 Å². The maximum absolute atomic E-state index is 15.8. The number of benzene rings is 2. The molecule has 1 N–H and O–H groups in total. The second-order valence-electron chi connectivity index (χ2n) is 11.1. The van der Waals surface area contributed by atoms with Gasteiger partial charge in [-0.3, -0.25) is 9.80 Å². The van der Waals surface area contributed by atoms with Gasteiger partial charge in [0.05, 0.1) is 11.1 Å². The van der Waals surface area contributed by atoms with E-state index in [0.29, 0.717) is 22.9 Å². The van der Waals surface area contributed by atoms with E-state index in [2.05, 4.69) is 29.8 Å². The summed E-state index contributed by atoms with van der Waals surface area (Å²) in [4.78, 5) is 7.90. The standard InChI is InChI=1S/C29H36ClF2N3O/c1-5-19-15-34(16-19)10-11-36-20-13-23(30)26(24(31)14-20)28-27-22(21-8-6-7-9-25(21)33-27)12-18(2)35(28)17-29(3,4)32/h6-9,13-14,18-19,28,33H,5,10-12,15-17H2,1-4H3/t18-,28-/m1/s1. The molecule has 0 bridgehead atoms. The van der Waals surface area contributed by atoms with Crippen molar-refractivity contribution in [1.82, 2.24) is 14.8 Å². The molecular formula is C29H36ClF2N3O. The van der Waals surface area contributed by atoms with Crippen LogP contribution in [0.15, 0.2) is 36.4 Å². The number of para-hydroxylation sites is 1. The van der Waals surface area contributed by atoms with Crippen molar-refractivity contribution in [2.24, 2.45) is 5.92 Å². The minimum absolute atomic E-state index is 0.00611. The average molecular weight is 516 g/mol. The smallest absolute Gasteiger partial charge is 0.133 e. The van der Waals surface area contributed by atoms with Gasteiger partial charge in [-0.15, -0.1) is 0 Å². The van der Waals surface area contributed by atoms with Crippen molar-refractivity contribution in [2.75, 3.05) is 32.8 Å². The van der Waals surface area contributed by atoms with E-state index < -0.39 is 17.5 Å². The van der Waals surface area contributed by atoms with Crippen molar-refractivity contribution in [3.63, 3.8) is 0 Å². The Morgan fingerprint density at radius 2 is 1.94 bits per heavy atom. The highest BCUT2D eigenvalue weighted by atomic mass is 35.5. The Bertz CT molecular complexity index is 1210. The van der Waals surface area contributed by atoms with E-state index >= 15 is 4.39 Å². The molecule has 1 saturated heterocycles. The Hall–Kier alpha value is -2.15. The quantitative estimate of drug-likeness (QED) is 0.359. The van der Waals surface area contributed by atoms with Gasteiger partial charge in [0, 0.05) is 60.4 Å². The van der Waals surface area contributed by atoms with Crippen molar-refractivity contribution in [2.45, 2.75) is 58.3 Å². The van der Waals surface area contributed by atoms with Gasteiger partial charge >= 0.3 is 0 Å². The number of hydrogen-bond donors (Lipinski definition) is 1. The molecule has 194 valence electrons. The summed E-state index contributed by atoms with van der Waals surface area (Å²) in [6.07, 6.45) is 1.95. The number of rotatable bonds is 8.